The van der Waals surface area contributed by atoms with Crippen molar-refractivity contribution in [3.63, 3.8) is 0 Å². The fourth-order valence-corrected chi connectivity index (χ4v) is 5.91. The summed E-state index contributed by atoms with van der Waals surface area (Å²) < 4.78 is 2.38. The average Bonchev–Trinajstić information content (AvgIpc) is 3.31. The van der Waals surface area contributed by atoms with Crippen LogP contribution in [0.3, 0.4) is 0 Å². The van der Waals surface area contributed by atoms with Gasteiger partial charge in [-0.15, -0.1) is 0 Å². The van der Waals surface area contributed by atoms with Crippen molar-refractivity contribution in [3.05, 3.63) is 128 Å². The van der Waals surface area contributed by atoms with E-state index in [1.165, 1.54) is 38.5 Å². The van der Waals surface area contributed by atoms with Crippen molar-refractivity contribution >= 4 is 21.8 Å². The molecule has 8 rings (SSSR count). The molecule has 0 aliphatic heterocycles. The molecule has 0 bridgehead atoms. The van der Waals surface area contributed by atoms with Crippen LogP contribution in [0.1, 0.15) is 0 Å². The van der Waals surface area contributed by atoms with Crippen molar-refractivity contribution in [2.75, 3.05) is 0 Å². The molecule has 7 aromatic rings. The van der Waals surface area contributed by atoms with E-state index in [2.05, 4.69) is 120 Å². The molecule has 0 atom stereocenters. The lowest BCUT2D eigenvalue weighted by Gasteiger charge is -2.22. The van der Waals surface area contributed by atoms with E-state index in [9.17, 15) is 0 Å². The third kappa shape index (κ3) is 2.88. The molecular weight excluding hydrogens is 450 g/mol. The molecule has 0 fully saturated rings. The summed E-state index contributed by atoms with van der Waals surface area (Å²) in [6.45, 7) is 0. The number of rotatable bonds is 1. The highest BCUT2D eigenvalue weighted by Gasteiger charge is 2.24. The lowest BCUT2D eigenvalue weighted by molar-refractivity contribution is 1.18. The fourth-order valence-electron chi connectivity index (χ4n) is 5.91. The van der Waals surface area contributed by atoms with Gasteiger partial charge in [-0.25, -0.2) is 0 Å². The molecule has 0 amide bonds. The Balaban J connectivity index is 1.49. The number of hydrogen-bond donors (Lipinski definition) is 0. The van der Waals surface area contributed by atoms with Crippen LogP contribution in [-0.4, -0.2) is 14.5 Å². The lowest BCUT2D eigenvalue weighted by Crippen LogP contribution is -2.01. The van der Waals surface area contributed by atoms with Gasteiger partial charge in [-0.3, -0.25) is 9.97 Å². The van der Waals surface area contributed by atoms with Crippen LogP contribution < -0.4 is 0 Å². The Hall–Kier alpha value is -5.02. The first-order valence-electron chi connectivity index (χ1n) is 12.5. The first-order valence-corrected chi connectivity index (χ1v) is 12.5. The molecule has 1 aliphatic carbocycles. The molecule has 0 saturated heterocycles. The molecule has 2 aromatic heterocycles. The predicted octanol–water partition coefficient (Wildman–Crippen LogP) is 8.56. The molecule has 1 aliphatic rings. The Kier molecular flexibility index (Phi) is 4.23. The van der Waals surface area contributed by atoms with Gasteiger partial charge < -0.3 is 4.57 Å². The third-order valence-corrected chi connectivity index (χ3v) is 7.48. The minimum Gasteiger partial charge on any atom is -0.309 e. The maximum absolute atomic E-state index is 4.82. The Morgan fingerprint density at radius 3 is 1.46 bits per heavy atom. The molecule has 0 spiro atoms. The maximum Gasteiger partial charge on any atom is 0.0971 e. The Bertz CT molecular complexity index is 1940. The second-order valence-corrected chi connectivity index (χ2v) is 9.44. The smallest absolute Gasteiger partial charge is 0.0971 e. The quantitative estimate of drug-likeness (QED) is 0.240. The summed E-state index contributed by atoms with van der Waals surface area (Å²) in [4.78, 5) is 9.61. The van der Waals surface area contributed by atoms with Crippen LogP contribution in [-0.2, 0) is 0 Å². The number of benzene rings is 5. The van der Waals surface area contributed by atoms with Gasteiger partial charge in [0.25, 0.3) is 0 Å². The molecule has 172 valence electrons. The highest BCUT2D eigenvalue weighted by atomic mass is 15.0. The predicted molar refractivity (Wildman–Crippen MR) is 152 cm³/mol. The van der Waals surface area contributed by atoms with E-state index in [-0.39, 0.29) is 0 Å². The van der Waals surface area contributed by atoms with Crippen LogP contribution in [0.5, 0.6) is 0 Å². The number of aromatic nitrogens is 3. The standard InChI is InChI=1S/C34H21N3/c1-3-13-28-23(9-1)25-18-17-22(37-31-15-7-5-11-26(31)27-12-6-8-16-32(27)37)21-30(25)24-10-2-4-14-29(24)34-33(28)35-19-20-36-34/h1-21H. The van der Waals surface area contributed by atoms with Gasteiger partial charge in [-0.1, -0.05) is 91.0 Å². The maximum atomic E-state index is 4.82. The van der Waals surface area contributed by atoms with Crippen molar-refractivity contribution < 1.29 is 0 Å². The molecule has 3 heteroatoms. The van der Waals surface area contributed by atoms with E-state index in [0.717, 1.165) is 33.8 Å². The summed E-state index contributed by atoms with van der Waals surface area (Å²) in [6, 6.07) is 41.3. The van der Waals surface area contributed by atoms with E-state index in [1.807, 2.05) is 0 Å². The monoisotopic (exact) mass is 471 g/mol. The van der Waals surface area contributed by atoms with Crippen LogP contribution in [0.25, 0.3) is 72.3 Å². The van der Waals surface area contributed by atoms with Crippen molar-refractivity contribution in [1.29, 1.82) is 0 Å². The van der Waals surface area contributed by atoms with Gasteiger partial charge in [0.1, 0.15) is 0 Å². The summed E-state index contributed by atoms with van der Waals surface area (Å²) in [7, 11) is 0. The molecule has 5 aromatic carbocycles. The van der Waals surface area contributed by atoms with Gasteiger partial charge in [-0.05, 0) is 46.5 Å². The Morgan fingerprint density at radius 1 is 0.405 bits per heavy atom. The summed E-state index contributed by atoms with van der Waals surface area (Å²) in [5, 5.41) is 2.53. The number of nitrogens with zero attached hydrogens (tertiary/aromatic N) is 3. The summed E-state index contributed by atoms with van der Waals surface area (Å²) in [5.41, 5.74) is 12.3. The van der Waals surface area contributed by atoms with Crippen molar-refractivity contribution in [1.82, 2.24) is 14.5 Å². The van der Waals surface area contributed by atoms with Gasteiger partial charge in [0, 0.05) is 40.0 Å². The topological polar surface area (TPSA) is 30.7 Å². The second-order valence-electron chi connectivity index (χ2n) is 9.44. The summed E-state index contributed by atoms with van der Waals surface area (Å²) >= 11 is 0. The zero-order valence-corrected chi connectivity index (χ0v) is 20.0. The molecule has 0 unspecified atom stereocenters. The molecule has 3 nitrogen and oxygen atoms in total. The summed E-state index contributed by atoms with van der Waals surface area (Å²) in [5.74, 6) is 0. The average molecular weight is 472 g/mol. The molecule has 2 heterocycles. The summed E-state index contributed by atoms with van der Waals surface area (Å²) in [6.07, 6.45) is 3.57. The first kappa shape index (κ1) is 20.2. The molecule has 37 heavy (non-hydrogen) atoms. The van der Waals surface area contributed by atoms with Gasteiger partial charge in [-0.2, -0.15) is 0 Å². The SMILES string of the molecule is c1ccc2c(c1)-c1ccc(-n3c4ccccc4c4ccccc43)cc1-c1ccccc1-c1nccnc1-2. The largest absolute Gasteiger partial charge is 0.309 e. The Labute approximate surface area is 214 Å². The first-order chi connectivity index (χ1) is 18.4. The van der Waals surface area contributed by atoms with E-state index in [4.69, 9.17) is 9.97 Å². The van der Waals surface area contributed by atoms with E-state index >= 15 is 0 Å². The molecular formula is C34H21N3. The van der Waals surface area contributed by atoms with E-state index < -0.39 is 0 Å². The van der Waals surface area contributed by atoms with Crippen LogP contribution in [0.2, 0.25) is 0 Å². The fraction of sp³-hybridized carbons (Fsp3) is 0. The van der Waals surface area contributed by atoms with E-state index in [0.29, 0.717) is 0 Å². The van der Waals surface area contributed by atoms with Gasteiger partial charge >= 0.3 is 0 Å². The van der Waals surface area contributed by atoms with E-state index in [1.54, 1.807) is 12.4 Å². The minimum atomic E-state index is 0.915. The van der Waals surface area contributed by atoms with Crippen molar-refractivity contribution in [2.45, 2.75) is 0 Å². The van der Waals surface area contributed by atoms with Gasteiger partial charge in [0.05, 0.1) is 22.4 Å². The van der Waals surface area contributed by atoms with Crippen molar-refractivity contribution in [3.8, 4) is 50.5 Å². The molecule has 0 N–H and O–H groups in total. The van der Waals surface area contributed by atoms with Gasteiger partial charge in [0.2, 0.25) is 0 Å². The zero-order valence-electron chi connectivity index (χ0n) is 20.0. The third-order valence-electron chi connectivity index (χ3n) is 7.48. The second kappa shape index (κ2) is 7.74. The van der Waals surface area contributed by atoms with Crippen molar-refractivity contribution in [2.24, 2.45) is 0 Å². The molecule has 0 radical (unpaired) electrons. The Morgan fingerprint density at radius 2 is 0.865 bits per heavy atom. The van der Waals surface area contributed by atoms with Crippen LogP contribution >= 0.6 is 0 Å². The number of hydrogen-bond acceptors (Lipinski definition) is 2. The number of para-hydroxylation sites is 2. The normalized spacial score (nSPS) is 11.8. The minimum absolute atomic E-state index is 0.915. The number of fused-ring (bicyclic) bond motifs is 11. The zero-order chi connectivity index (χ0) is 24.3. The van der Waals surface area contributed by atoms with Crippen LogP contribution in [0.4, 0.5) is 0 Å². The van der Waals surface area contributed by atoms with Crippen LogP contribution in [0, 0.1) is 0 Å². The van der Waals surface area contributed by atoms with Crippen LogP contribution in [0.15, 0.2) is 128 Å². The lowest BCUT2D eigenvalue weighted by atomic mass is 9.84. The molecule has 0 saturated carbocycles. The van der Waals surface area contributed by atoms with Gasteiger partial charge in [0.15, 0.2) is 0 Å². The highest BCUT2D eigenvalue weighted by molar-refractivity contribution is 6.09. The highest BCUT2D eigenvalue weighted by Crippen LogP contribution is 2.47.